The van der Waals surface area contributed by atoms with Gasteiger partial charge in [0.25, 0.3) is 5.56 Å². The molecule has 0 atom stereocenters. The number of rotatable bonds is 5. The van der Waals surface area contributed by atoms with Gasteiger partial charge >= 0.3 is 5.69 Å². The molecule has 7 heteroatoms. The number of aromatic nitrogens is 4. The van der Waals surface area contributed by atoms with E-state index >= 15 is 0 Å². The summed E-state index contributed by atoms with van der Waals surface area (Å²) in [6, 6.07) is 14.3. The topological polar surface area (TPSA) is 83.9 Å². The van der Waals surface area contributed by atoms with Gasteiger partial charge in [-0.25, -0.2) is 9.78 Å². The Bertz CT molecular complexity index is 1260. The second-order valence-corrected chi connectivity index (χ2v) is 7.46. The van der Waals surface area contributed by atoms with Gasteiger partial charge < -0.3 is 9.47 Å². The molecule has 0 radical (unpaired) electrons. The van der Waals surface area contributed by atoms with Crippen LogP contribution in [0, 0.1) is 13.8 Å². The van der Waals surface area contributed by atoms with Crippen LogP contribution in [0.2, 0.25) is 0 Å². The van der Waals surface area contributed by atoms with Gasteiger partial charge in [0, 0.05) is 19.6 Å². The molecule has 0 fully saturated rings. The predicted octanol–water partition coefficient (Wildman–Crippen LogP) is 2.33. The van der Waals surface area contributed by atoms with Crippen LogP contribution in [0.5, 0.6) is 0 Å². The number of hydrogen-bond donors (Lipinski definition) is 1. The zero-order valence-corrected chi connectivity index (χ0v) is 16.8. The molecule has 0 bridgehead atoms. The molecular formula is C22H23N5O2. The Morgan fingerprint density at radius 2 is 1.76 bits per heavy atom. The lowest BCUT2D eigenvalue weighted by atomic mass is 10.1. The van der Waals surface area contributed by atoms with Crippen molar-refractivity contribution in [2.24, 2.45) is 0 Å². The van der Waals surface area contributed by atoms with Crippen molar-refractivity contribution in [2.75, 3.05) is 13.6 Å². The molecule has 2 aromatic rings. The summed E-state index contributed by atoms with van der Waals surface area (Å²) in [5.74, 6) is 0.322. The molecule has 0 aromatic heterocycles. The summed E-state index contributed by atoms with van der Waals surface area (Å²) in [4.78, 5) is 37.2. The Hall–Kier alpha value is -3.32. The third kappa shape index (κ3) is 3.82. The standard InChI is InChI=1S/C22H23N5O2/c1-14-11-17-18(12-15(14)2)27(20-19(23-17)21(28)25-22(29)24-20)10-9-26(3)13-16-7-5-4-6-8-16/h4-8,11-12H,9-10,13H2,1-3H3,(H,25,28,29). The van der Waals surface area contributed by atoms with E-state index in [9.17, 15) is 9.59 Å². The highest BCUT2D eigenvalue weighted by atomic mass is 16.2. The van der Waals surface area contributed by atoms with Crippen molar-refractivity contribution in [3.05, 3.63) is 80.0 Å². The van der Waals surface area contributed by atoms with Gasteiger partial charge in [0.2, 0.25) is 0 Å². The first-order valence-electron chi connectivity index (χ1n) is 9.56. The lowest BCUT2D eigenvalue weighted by Gasteiger charge is -2.21. The van der Waals surface area contributed by atoms with Crippen LogP contribution >= 0.6 is 0 Å². The van der Waals surface area contributed by atoms with E-state index in [1.165, 1.54) is 5.56 Å². The average Bonchev–Trinajstić information content (AvgIpc) is 2.68. The van der Waals surface area contributed by atoms with Crippen LogP contribution in [0.4, 0.5) is 0 Å². The lowest BCUT2D eigenvalue weighted by Crippen LogP contribution is -2.30. The van der Waals surface area contributed by atoms with Crippen LogP contribution in [0.1, 0.15) is 16.7 Å². The molecule has 0 amide bonds. The zero-order valence-electron chi connectivity index (χ0n) is 16.8. The smallest absolute Gasteiger partial charge is 0.321 e. The maximum atomic E-state index is 12.3. The number of fused-ring (bicyclic) bond motifs is 2. The number of nitrogens with zero attached hydrogens (tertiary/aromatic N) is 4. The van der Waals surface area contributed by atoms with E-state index < -0.39 is 11.2 Å². The molecule has 2 aliphatic rings. The van der Waals surface area contributed by atoms with Gasteiger partial charge in [-0.3, -0.25) is 9.78 Å². The van der Waals surface area contributed by atoms with Gasteiger partial charge in [-0.2, -0.15) is 4.98 Å². The van der Waals surface area contributed by atoms with Gasteiger partial charge in [-0.05, 0) is 49.7 Å². The fourth-order valence-corrected chi connectivity index (χ4v) is 3.52. The second-order valence-electron chi connectivity index (χ2n) is 7.46. The molecule has 2 aromatic carbocycles. The number of H-pyrrole nitrogens is 1. The maximum Gasteiger partial charge on any atom is 0.349 e. The quantitative estimate of drug-likeness (QED) is 0.530. The van der Waals surface area contributed by atoms with Crippen molar-refractivity contribution in [1.82, 2.24) is 24.4 Å². The minimum atomic E-state index is -0.654. The SMILES string of the molecule is Cc1cc2nc3c(=O)[nH]c(=O)nc-3n(CCN(C)Cc3ccccc3)c2cc1C. The number of likely N-dealkylation sites (N-methyl/N-ethyl adjacent to an activating group) is 1. The first-order valence-corrected chi connectivity index (χ1v) is 9.56. The molecule has 148 valence electrons. The molecule has 0 aliphatic carbocycles. The largest absolute Gasteiger partial charge is 0.349 e. The van der Waals surface area contributed by atoms with Crippen LogP contribution in [0.3, 0.4) is 0 Å². The van der Waals surface area contributed by atoms with Crippen LogP contribution in [-0.2, 0) is 13.1 Å². The van der Waals surface area contributed by atoms with Gasteiger partial charge in [0.15, 0.2) is 11.5 Å². The van der Waals surface area contributed by atoms with E-state index in [0.717, 1.165) is 35.2 Å². The first-order chi connectivity index (χ1) is 13.9. The highest BCUT2D eigenvalue weighted by molar-refractivity contribution is 5.81. The second kappa shape index (κ2) is 7.60. The fourth-order valence-electron chi connectivity index (χ4n) is 3.52. The number of aromatic amines is 1. The van der Waals surface area contributed by atoms with E-state index in [2.05, 4.69) is 32.0 Å². The van der Waals surface area contributed by atoms with Crippen molar-refractivity contribution < 1.29 is 0 Å². The van der Waals surface area contributed by atoms with E-state index in [4.69, 9.17) is 0 Å². The molecular weight excluding hydrogens is 366 g/mol. The highest BCUT2D eigenvalue weighted by Crippen LogP contribution is 2.23. The highest BCUT2D eigenvalue weighted by Gasteiger charge is 2.19. The molecule has 7 nitrogen and oxygen atoms in total. The summed E-state index contributed by atoms with van der Waals surface area (Å²) in [6.45, 7) is 6.17. The van der Waals surface area contributed by atoms with Gasteiger partial charge in [0.1, 0.15) is 0 Å². The third-order valence-electron chi connectivity index (χ3n) is 5.23. The van der Waals surface area contributed by atoms with Crippen molar-refractivity contribution >= 4 is 11.0 Å². The lowest BCUT2D eigenvalue weighted by molar-refractivity contribution is 0.313. The van der Waals surface area contributed by atoms with E-state index in [-0.39, 0.29) is 5.69 Å². The van der Waals surface area contributed by atoms with Crippen molar-refractivity contribution in [3.8, 4) is 11.5 Å². The summed E-state index contributed by atoms with van der Waals surface area (Å²) in [7, 11) is 2.05. The van der Waals surface area contributed by atoms with Crippen LogP contribution in [0.25, 0.3) is 22.6 Å². The molecule has 0 saturated carbocycles. The number of hydrogen-bond acceptors (Lipinski definition) is 5. The van der Waals surface area contributed by atoms with Gasteiger partial charge in [-0.15, -0.1) is 0 Å². The van der Waals surface area contributed by atoms with E-state index in [0.29, 0.717) is 12.4 Å². The maximum absolute atomic E-state index is 12.3. The minimum Gasteiger partial charge on any atom is -0.321 e. The number of aryl methyl sites for hydroxylation is 2. The van der Waals surface area contributed by atoms with Crippen LogP contribution in [-0.4, -0.2) is 38.0 Å². The summed E-state index contributed by atoms with van der Waals surface area (Å²) in [5, 5.41) is 0. The monoisotopic (exact) mass is 389 g/mol. The Morgan fingerprint density at radius 3 is 2.52 bits per heavy atom. The molecule has 2 heterocycles. The number of nitrogens with one attached hydrogen (secondary N) is 1. The third-order valence-corrected chi connectivity index (χ3v) is 5.23. The minimum absolute atomic E-state index is 0.186. The molecule has 0 saturated heterocycles. The van der Waals surface area contributed by atoms with Crippen molar-refractivity contribution in [1.29, 1.82) is 0 Å². The Labute approximate surface area is 168 Å². The van der Waals surface area contributed by atoms with Gasteiger partial charge in [0.05, 0.1) is 11.0 Å². The zero-order chi connectivity index (χ0) is 20.5. The van der Waals surface area contributed by atoms with E-state index in [1.54, 1.807) is 0 Å². The Balaban J connectivity index is 1.77. The van der Waals surface area contributed by atoms with Crippen LogP contribution in [0.15, 0.2) is 52.1 Å². The summed E-state index contributed by atoms with van der Waals surface area (Å²) in [5.41, 5.74) is 4.06. The van der Waals surface area contributed by atoms with E-state index in [1.807, 2.05) is 55.8 Å². The molecule has 2 aliphatic heterocycles. The Morgan fingerprint density at radius 1 is 1.03 bits per heavy atom. The van der Waals surface area contributed by atoms with Crippen molar-refractivity contribution in [3.63, 3.8) is 0 Å². The van der Waals surface area contributed by atoms with Gasteiger partial charge in [-0.1, -0.05) is 30.3 Å². The number of benzene rings is 2. The molecule has 0 unspecified atom stereocenters. The molecule has 29 heavy (non-hydrogen) atoms. The summed E-state index contributed by atoms with van der Waals surface area (Å²) in [6.07, 6.45) is 0. The first kappa shape index (κ1) is 19.0. The summed E-state index contributed by atoms with van der Waals surface area (Å²) < 4.78 is 1.93. The van der Waals surface area contributed by atoms with Crippen LogP contribution < -0.4 is 11.2 Å². The molecule has 1 N–H and O–H groups in total. The molecule has 0 spiro atoms. The average molecular weight is 389 g/mol. The predicted molar refractivity (Wildman–Crippen MR) is 113 cm³/mol. The fraction of sp³-hybridized carbons (Fsp3) is 0.273. The normalized spacial score (nSPS) is 11.6. The van der Waals surface area contributed by atoms with Crippen molar-refractivity contribution in [2.45, 2.75) is 26.9 Å². The summed E-state index contributed by atoms with van der Waals surface area (Å²) >= 11 is 0. The molecule has 4 rings (SSSR count). The Kier molecular flexibility index (Phi) is 4.98.